The highest BCUT2D eigenvalue weighted by molar-refractivity contribution is 9.10. The van der Waals surface area contributed by atoms with Crippen molar-refractivity contribution in [1.29, 1.82) is 0 Å². The van der Waals surface area contributed by atoms with Gasteiger partial charge in [-0.3, -0.25) is 0 Å². The second-order valence-corrected chi connectivity index (χ2v) is 4.62. The summed E-state index contributed by atoms with van der Waals surface area (Å²) in [5.41, 5.74) is -0.216. The standard InChI is InChI=1S/C13H13BrO2/c1-2-13(15,12-7-4-8-16-12)10-5-3-6-11(14)9-10/h3-9,15H,2H2,1H3. The van der Waals surface area contributed by atoms with E-state index in [2.05, 4.69) is 15.9 Å². The lowest BCUT2D eigenvalue weighted by molar-refractivity contribution is 0.0527. The Morgan fingerprint density at radius 1 is 1.31 bits per heavy atom. The van der Waals surface area contributed by atoms with Crippen LogP contribution in [0.4, 0.5) is 0 Å². The molecule has 1 heterocycles. The molecule has 0 saturated heterocycles. The number of furan rings is 1. The van der Waals surface area contributed by atoms with Crippen LogP contribution >= 0.6 is 15.9 Å². The molecule has 0 radical (unpaired) electrons. The minimum absolute atomic E-state index is 0.566. The lowest BCUT2D eigenvalue weighted by atomic mass is 9.89. The highest BCUT2D eigenvalue weighted by Crippen LogP contribution is 2.34. The number of hydrogen-bond acceptors (Lipinski definition) is 2. The van der Waals surface area contributed by atoms with E-state index in [0.29, 0.717) is 12.2 Å². The first kappa shape index (κ1) is 11.4. The normalized spacial score (nSPS) is 14.7. The van der Waals surface area contributed by atoms with Gasteiger partial charge in [0.2, 0.25) is 0 Å². The van der Waals surface area contributed by atoms with Crippen molar-refractivity contribution in [3.63, 3.8) is 0 Å². The topological polar surface area (TPSA) is 33.4 Å². The van der Waals surface area contributed by atoms with Crippen molar-refractivity contribution in [2.24, 2.45) is 0 Å². The van der Waals surface area contributed by atoms with Crippen LogP contribution in [-0.4, -0.2) is 5.11 Å². The van der Waals surface area contributed by atoms with Gasteiger partial charge in [-0.2, -0.15) is 0 Å². The second kappa shape index (κ2) is 4.44. The molecule has 84 valence electrons. The Balaban J connectivity index is 2.50. The maximum Gasteiger partial charge on any atom is 0.147 e. The van der Waals surface area contributed by atoms with Crippen LogP contribution in [-0.2, 0) is 5.60 Å². The van der Waals surface area contributed by atoms with E-state index < -0.39 is 5.60 Å². The Morgan fingerprint density at radius 2 is 2.12 bits per heavy atom. The van der Waals surface area contributed by atoms with Crippen molar-refractivity contribution in [1.82, 2.24) is 0 Å². The number of benzene rings is 1. The van der Waals surface area contributed by atoms with Crippen LogP contribution in [0.25, 0.3) is 0 Å². The molecule has 0 spiro atoms. The van der Waals surface area contributed by atoms with Gasteiger partial charge in [0.15, 0.2) is 0 Å². The highest BCUT2D eigenvalue weighted by Gasteiger charge is 2.32. The van der Waals surface area contributed by atoms with Crippen molar-refractivity contribution < 1.29 is 9.52 Å². The van der Waals surface area contributed by atoms with Gasteiger partial charge in [-0.05, 0) is 36.2 Å². The maximum absolute atomic E-state index is 10.7. The third-order valence-corrected chi connectivity index (χ3v) is 3.24. The summed E-state index contributed by atoms with van der Waals surface area (Å²) in [5.74, 6) is 0.577. The van der Waals surface area contributed by atoms with Crippen molar-refractivity contribution in [2.75, 3.05) is 0 Å². The molecule has 0 fully saturated rings. The summed E-state index contributed by atoms with van der Waals surface area (Å²) in [5, 5.41) is 10.7. The van der Waals surface area contributed by atoms with Crippen LogP contribution in [0.15, 0.2) is 51.6 Å². The predicted octanol–water partition coefficient (Wildman–Crippen LogP) is 3.69. The fourth-order valence-corrected chi connectivity index (χ4v) is 2.18. The zero-order chi connectivity index (χ0) is 11.6. The van der Waals surface area contributed by atoms with Gasteiger partial charge in [-0.15, -0.1) is 0 Å². The summed E-state index contributed by atoms with van der Waals surface area (Å²) in [6, 6.07) is 11.2. The summed E-state index contributed by atoms with van der Waals surface area (Å²) < 4.78 is 6.27. The van der Waals surface area contributed by atoms with Crippen LogP contribution in [0, 0.1) is 0 Å². The van der Waals surface area contributed by atoms with E-state index in [4.69, 9.17) is 4.42 Å². The molecule has 0 aliphatic carbocycles. The van der Waals surface area contributed by atoms with Crippen molar-refractivity contribution in [3.8, 4) is 0 Å². The van der Waals surface area contributed by atoms with Crippen molar-refractivity contribution in [2.45, 2.75) is 18.9 Å². The number of aliphatic hydroxyl groups is 1. The van der Waals surface area contributed by atoms with Crippen LogP contribution < -0.4 is 0 Å². The summed E-state index contributed by atoms with van der Waals surface area (Å²) in [4.78, 5) is 0. The number of halogens is 1. The monoisotopic (exact) mass is 280 g/mol. The Labute approximate surface area is 103 Å². The van der Waals surface area contributed by atoms with Gasteiger partial charge in [-0.25, -0.2) is 0 Å². The van der Waals surface area contributed by atoms with Gasteiger partial charge in [0, 0.05) is 4.47 Å². The lowest BCUT2D eigenvalue weighted by Crippen LogP contribution is -2.25. The molecule has 0 saturated carbocycles. The molecule has 0 aliphatic rings. The van der Waals surface area contributed by atoms with Crippen LogP contribution in [0.2, 0.25) is 0 Å². The SMILES string of the molecule is CCC(O)(c1cccc(Br)c1)c1ccco1. The van der Waals surface area contributed by atoms with Crippen LogP contribution in [0.5, 0.6) is 0 Å². The van der Waals surface area contributed by atoms with Gasteiger partial charge in [-0.1, -0.05) is 35.0 Å². The molecule has 1 N–H and O–H groups in total. The molecule has 2 aromatic rings. The van der Waals surface area contributed by atoms with Gasteiger partial charge in [0.1, 0.15) is 11.4 Å². The van der Waals surface area contributed by atoms with E-state index in [9.17, 15) is 5.11 Å². The first-order chi connectivity index (χ1) is 7.66. The minimum atomic E-state index is -1.05. The smallest absolute Gasteiger partial charge is 0.147 e. The molecule has 16 heavy (non-hydrogen) atoms. The Hall–Kier alpha value is -1.06. The molecule has 1 atom stereocenters. The summed E-state index contributed by atoms with van der Waals surface area (Å²) in [6.07, 6.45) is 2.14. The Kier molecular flexibility index (Phi) is 3.17. The van der Waals surface area contributed by atoms with Gasteiger partial charge >= 0.3 is 0 Å². The van der Waals surface area contributed by atoms with E-state index >= 15 is 0 Å². The van der Waals surface area contributed by atoms with E-state index in [1.165, 1.54) is 0 Å². The average molecular weight is 281 g/mol. The van der Waals surface area contributed by atoms with Crippen molar-refractivity contribution >= 4 is 15.9 Å². The summed E-state index contributed by atoms with van der Waals surface area (Å²) >= 11 is 3.41. The summed E-state index contributed by atoms with van der Waals surface area (Å²) in [6.45, 7) is 1.93. The summed E-state index contributed by atoms with van der Waals surface area (Å²) in [7, 11) is 0. The molecule has 1 aromatic heterocycles. The quantitative estimate of drug-likeness (QED) is 0.930. The van der Waals surface area contributed by atoms with E-state index in [-0.39, 0.29) is 0 Å². The fourth-order valence-electron chi connectivity index (χ4n) is 1.78. The third kappa shape index (κ3) is 1.93. The average Bonchev–Trinajstić information content (AvgIpc) is 2.82. The molecule has 2 rings (SSSR count). The first-order valence-electron chi connectivity index (χ1n) is 5.19. The third-order valence-electron chi connectivity index (χ3n) is 2.74. The number of rotatable bonds is 3. The molecule has 0 bridgehead atoms. The molecule has 1 unspecified atom stereocenters. The first-order valence-corrected chi connectivity index (χ1v) is 5.98. The molecule has 0 aliphatic heterocycles. The second-order valence-electron chi connectivity index (χ2n) is 3.70. The van der Waals surface area contributed by atoms with E-state index in [1.807, 2.05) is 31.2 Å². The van der Waals surface area contributed by atoms with E-state index in [1.54, 1.807) is 18.4 Å². The fraction of sp³-hybridized carbons (Fsp3) is 0.231. The van der Waals surface area contributed by atoms with Crippen LogP contribution in [0.3, 0.4) is 0 Å². The molecule has 2 nitrogen and oxygen atoms in total. The lowest BCUT2D eigenvalue weighted by Gasteiger charge is -2.25. The van der Waals surface area contributed by atoms with E-state index in [0.717, 1.165) is 10.0 Å². The van der Waals surface area contributed by atoms with Crippen molar-refractivity contribution in [3.05, 3.63) is 58.5 Å². The molecular formula is C13H13BrO2. The highest BCUT2D eigenvalue weighted by atomic mass is 79.9. The van der Waals surface area contributed by atoms with Gasteiger partial charge in [0.25, 0.3) is 0 Å². The molecule has 0 amide bonds. The maximum atomic E-state index is 10.7. The largest absolute Gasteiger partial charge is 0.466 e. The zero-order valence-corrected chi connectivity index (χ0v) is 10.6. The minimum Gasteiger partial charge on any atom is -0.466 e. The van der Waals surface area contributed by atoms with Gasteiger partial charge < -0.3 is 9.52 Å². The Morgan fingerprint density at radius 3 is 2.69 bits per heavy atom. The molecule has 1 aromatic carbocycles. The Bertz CT molecular complexity index is 465. The molecular weight excluding hydrogens is 268 g/mol. The van der Waals surface area contributed by atoms with Gasteiger partial charge in [0.05, 0.1) is 6.26 Å². The number of hydrogen-bond donors (Lipinski definition) is 1. The predicted molar refractivity (Wildman–Crippen MR) is 66.1 cm³/mol. The molecule has 3 heteroatoms. The van der Waals surface area contributed by atoms with Crippen LogP contribution in [0.1, 0.15) is 24.7 Å². The zero-order valence-electron chi connectivity index (χ0n) is 8.98.